The number of halogens is 1. The molecule has 1 fully saturated rings. The maximum Gasteiger partial charge on any atom is 0.429 e. The topological polar surface area (TPSA) is 111 Å². The van der Waals surface area contributed by atoms with E-state index in [2.05, 4.69) is 15.9 Å². The van der Waals surface area contributed by atoms with Crippen LogP contribution in [0.3, 0.4) is 0 Å². The van der Waals surface area contributed by atoms with E-state index >= 15 is 0 Å². The van der Waals surface area contributed by atoms with Gasteiger partial charge in [-0.05, 0) is 36.8 Å². The lowest BCUT2D eigenvalue weighted by Crippen LogP contribution is -2.45. The normalized spacial score (nSPS) is 13.1. The minimum Gasteiger partial charge on any atom is -0.493 e. The predicted octanol–water partition coefficient (Wildman–Crippen LogP) is 3.77. The summed E-state index contributed by atoms with van der Waals surface area (Å²) in [6.07, 6.45) is -0.180. The van der Waals surface area contributed by atoms with Gasteiger partial charge in [-0.2, -0.15) is 0 Å². The van der Waals surface area contributed by atoms with Gasteiger partial charge in [-0.25, -0.2) is 14.8 Å². The van der Waals surface area contributed by atoms with Gasteiger partial charge >= 0.3 is 6.09 Å². The van der Waals surface area contributed by atoms with E-state index in [-0.39, 0.29) is 35.3 Å². The summed E-state index contributed by atoms with van der Waals surface area (Å²) in [5.74, 6) is 0.126. The number of nitro benzene ring substituents is 1. The van der Waals surface area contributed by atoms with Crippen molar-refractivity contribution in [1.82, 2.24) is 10.0 Å². The first-order valence-corrected chi connectivity index (χ1v) is 10.1. The van der Waals surface area contributed by atoms with Crippen molar-refractivity contribution < 1.29 is 28.7 Å². The highest BCUT2D eigenvalue weighted by Crippen LogP contribution is 2.35. The van der Waals surface area contributed by atoms with Crippen molar-refractivity contribution in [2.45, 2.75) is 13.0 Å². The zero-order chi connectivity index (χ0) is 22.5. The van der Waals surface area contributed by atoms with Gasteiger partial charge in [0.2, 0.25) is 0 Å². The molecule has 10 nitrogen and oxygen atoms in total. The molecule has 2 aromatic rings. The molecule has 1 aliphatic rings. The van der Waals surface area contributed by atoms with E-state index in [0.29, 0.717) is 25.1 Å². The van der Waals surface area contributed by atoms with Gasteiger partial charge in [-0.1, -0.05) is 15.9 Å². The summed E-state index contributed by atoms with van der Waals surface area (Å²) < 4.78 is 16.4. The summed E-state index contributed by atoms with van der Waals surface area (Å²) in [5, 5.41) is 13.9. The van der Waals surface area contributed by atoms with Crippen LogP contribution in [0.1, 0.15) is 22.3 Å². The van der Waals surface area contributed by atoms with Gasteiger partial charge in [0.15, 0.2) is 11.5 Å². The maximum atomic E-state index is 12.8. The molecule has 0 aliphatic carbocycles. The van der Waals surface area contributed by atoms with E-state index in [1.165, 1.54) is 36.4 Å². The Morgan fingerprint density at radius 3 is 2.29 bits per heavy atom. The monoisotopic (exact) mass is 493 g/mol. The van der Waals surface area contributed by atoms with Gasteiger partial charge in [-0.3, -0.25) is 14.9 Å². The van der Waals surface area contributed by atoms with Crippen LogP contribution in [0.25, 0.3) is 0 Å². The van der Waals surface area contributed by atoms with Crippen LogP contribution in [0.4, 0.5) is 10.5 Å². The molecule has 1 heterocycles. The molecule has 164 valence electrons. The molecular formula is C20H20BrN3O7. The molecule has 0 bridgehead atoms. The van der Waals surface area contributed by atoms with Gasteiger partial charge in [-0.15, -0.1) is 0 Å². The van der Waals surface area contributed by atoms with Crippen LogP contribution in [-0.4, -0.2) is 54.3 Å². The summed E-state index contributed by atoms with van der Waals surface area (Å²) in [6.45, 7) is 0.294. The zero-order valence-electron chi connectivity index (χ0n) is 16.9. The minimum absolute atomic E-state index is 0.140. The smallest absolute Gasteiger partial charge is 0.429 e. The Hall–Kier alpha value is -3.34. The van der Waals surface area contributed by atoms with Crippen molar-refractivity contribution in [1.29, 1.82) is 0 Å². The maximum absolute atomic E-state index is 12.8. The molecule has 0 radical (unpaired) electrons. The SMILES string of the molecule is COc1cc(COC(=O)N2CCCN2C(=O)c2ccc(Br)cc2)c([N+](=O)[O-])cc1OC. The van der Waals surface area contributed by atoms with Crippen molar-refractivity contribution >= 4 is 33.6 Å². The quantitative estimate of drug-likeness (QED) is 0.444. The summed E-state index contributed by atoms with van der Waals surface area (Å²) in [7, 11) is 2.76. The van der Waals surface area contributed by atoms with Gasteiger partial charge < -0.3 is 14.2 Å². The van der Waals surface area contributed by atoms with Crippen LogP contribution in [0.5, 0.6) is 11.5 Å². The van der Waals surface area contributed by atoms with E-state index < -0.39 is 11.0 Å². The highest BCUT2D eigenvalue weighted by molar-refractivity contribution is 9.10. The molecule has 1 aliphatic heterocycles. The molecule has 0 spiro atoms. The predicted molar refractivity (Wildman–Crippen MR) is 113 cm³/mol. The number of hydrogen-bond acceptors (Lipinski definition) is 7. The molecule has 11 heteroatoms. The van der Waals surface area contributed by atoms with E-state index in [4.69, 9.17) is 14.2 Å². The van der Waals surface area contributed by atoms with Crippen molar-refractivity contribution in [2.75, 3.05) is 27.3 Å². The number of ether oxygens (including phenoxy) is 3. The standard InChI is InChI=1S/C20H20BrN3O7/c1-29-17-10-14(16(24(27)28)11-18(17)30-2)12-31-20(26)23-9-3-8-22(23)19(25)13-4-6-15(21)7-5-13/h4-7,10-11H,3,8-9,12H2,1-2H3. The van der Waals surface area contributed by atoms with Gasteiger partial charge in [0.05, 0.1) is 30.8 Å². The van der Waals surface area contributed by atoms with Crippen molar-refractivity contribution in [2.24, 2.45) is 0 Å². The van der Waals surface area contributed by atoms with Crippen molar-refractivity contribution in [3.05, 3.63) is 62.1 Å². The number of nitro groups is 1. The molecule has 0 aromatic heterocycles. The number of hydrogen-bond donors (Lipinski definition) is 0. The average Bonchev–Trinajstić information content (AvgIpc) is 3.26. The first kappa shape index (κ1) is 22.3. The molecule has 0 unspecified atom stereocenters. The largest absolute Gasteiger partial charge is 0.493 e. The molecule has 2 amide bonds. The molecule has 0 saturated carbocycles. The van der Waals surface area contributed by atoms with Gasteiger partial charge in [0.1, 0.15) is 6.61 Å². The fourth-order valence-electron chi connectivity index (χ4n) is 3.16. The summed E-state index contributed by atoms with van der Waals surface area (Å²) in [5.41, 5.74) is 0.300. The Bertz CT molecular complexity index is 997. The first-order chi connectivity index (χ1) is 14.8. The number of rotatable bonds is 6. The van der Waals surface area contributed by atoms with Gasteiger partial charge in [0, 0.05) is 23.1 Å². The third-order valence-electron chi connectivity index (χ3n) is 4.70. The second kappa shape index (κ2) is 9.65. The van der Waals surface area contributed by atoms with Crippen LogP contribution in [0, 0.1) is 10.1 Å². The van der Waals surface area contributed by atoms with E-state index in [1.807, 2.05) is 0 Å². The minimum atomic E-state index is -0.771. The van der Waals surface area contributed by atoms with Crippen LogP contribution >= 0.6 is 15.9 Å². The molecule has 31 heavy (non-hydrogen) atoms. The van der Waals surface area contributed by atoms with E-state index in [0.717, 1.165) is 4.47 Å². The molecule has 2 aromatic carbocycles. The molecule has 0 atom stereocenters. The number of methoxy groups -OCH3 is 2. The van der Waals surface area contributed by atoms with E-state index in [9.17, 15) is 19.7 Å². The Balaban J connectivity index is 1.74. The lowest BCUT2D eigenvalue weighted by Gasteiger charge is -2.27. The zero-order valence-corrected chi connectivity index (χ0v) is 18.5. The first-order valence-electron chi connectivity index (χ1n) is 9.26. The number of hydrazine groups is 1. The summed E-state index contributed by atoms with van der Waals surface area (Å²) in [4.78, 5) is 36.3. The molecule has 3 rings (SSSR count). The highest BCUT2D eigenvalue weighted by Gasteiger charge is 2.33. The Morgan fingerprint density at radius 2 is 1.68 bits per heavy atom. The van der Waals surface area contributed by atoms with Crippen LogP contribution < -0.4 is 9.47 Å². The van der Waals surface area contributed by atoms with Crippen molar-refractivity contribution in [3.63, 3.8) is 0 Å². The second-order valence-corrected chi connectivity index (χ2v) is 7.48. The third kappa shape index (κ3) is 4.88. The average molecular weight is 494 g/mol. The number of benzene rings is 2. The number of amides is 2. The molecule has 1 saturated heterocycles. The Kier molecular flexibility index (Phi) is 6.95. The number of carbonyl (C=O) groups is 2. The van der Waals surface area contributed by atoms with Gasteiger partial charge in [0.25, 0.3) is 11.6 Å². The molecule has 0 N–H and O–H groups in total. The third-order valence-corrected chi connectivity index (χ3v) is 5.23. The summed E-state index contributed by atoms with van der Waals surface area (Å²) in [6, 6.07) is 9.38. The Morgan fingerprint density at radius 1 is 1.06 bits per heavy atom. The lowest BCUT2D eigenvalue weighted by atomic mass is 10.1. The fourth-order valence-corrected chi connectivity index (χ4v) is 3.43. The lowest BCUT2D eigenvalue weighted by molar-refractivity contribution is -0.385. The second-order valence-electron chi connectivity index (χ2n) is 6.56. The van der Waals surface area contributed by atoms with Crippen LogP contribution in [-0.2, 0) is 11.3 Å². The van der Waals surface area contributed by atoms with Crippen LogP contribution in [0.15, 0.2) is 40.9 Å². The van der Waals surface area contributed by atoms with Crippen molar-refractivity contribution in [3.8, 4) is 11.5 Å². The number of carbonyl (C=O) groups excluding carboxylic acids is 2. The van der Waals surface area contributed by atoms with Crippen LogP contribution in [0.2, 0.25) is 0 Å². The van der Waals surface area contributed by atoms with E-state index in [1.54, 1.807) is 24.3 Å². The highest BCUT2D eigenvalue weighted by atomic mass is 79.9. The Labute approximate surface area is 186 Å². The molecular weight excluding hydrogens is 474 g/mol. The number of nitrogens with zero attached hydrogens (tertiary/aromatic N) is 3. The summed E-state index contributed by atoms with van der Waals surface area (Å²) >= 11 is 3.32. The fraction of sp³-hybridized carbons (Fsp3) is 0.300.